The number of nitrogens with zero attached hydrogens (tertiary/aromatic N) is 2. The Morgan fingerprint density at radius 1 is 1.19 bits per heavy atom. The molecule has 0 spiro atoms. The largest absolute Gasteiger partial charge is 0.369 e. The summed E-state index contributed by atoms with van der Waals surface area (Å²) in [5.41, 5.74) is 7.71. The molecule has 4 rings (SSSR count). The third-order valence-corrected chi connectivity index (χ3v) is 6.31. The molecule has 3 atom stereocenters. The van der Waals surface area contributed by atoms with E-state index in [1.807, 2.05) is 42.2 Å². The molecule has 0 bridgehead atoms. The first-order valence-corrected chi connectivity index (χ1v) is 10.9. The molecule has 0 aliphatic carbocycles. The zero-order valence-corrected chi connectivity index (χ0v) is 18.0. The highest BCUT2D eigenvalue weighted by Gasteiger charge is 2.35. The van der Waals surface area contributed by atoms with Gasteiger partial charge in [0.15, 0.2) is 0 Å². The van der Waals surface area contributed by atoms with Crippen molar-refractivity contribution in [2.24, 2.45) is 11.7 Å². The maximum absolute atomic E-state index is 14.1. The number of hydrogen-bond acceptors (Lipinski definition) is 3. The number of carbonyl (C=O) groups excluding carboxylic acids is 2. The van der Waals surface area contributed by atoms with Crippen LogP contribution in [0.15, 0.2) is 60.8 Å². The predicted octanol–water partition coefficient (Wildman–Crippen LogP) is 4.17. The van der Waals surface area contributed by atoms with Gasteiger partial charge in [-0.15, -0.1) is 0 Å². The van der Waals surface area contributed by atoms with Gasteiger partial charge >= 0.3 is 0 Å². The van der Waals surface area contributed by atoms with Crippen LogP contribution < -0.4 is 5.73 Å². The van der Waals surface area contributed by atoms with Crippen LogP contribution in [0.5, 0.6) is 0 Å². The van der Waals surface area contributed by atoms with Gasteiger partial charge < -0.3 is 15.6 Å². The number of halogens is 1. The first kappa shape index (κ1) is 21.7. The molecule has 2 heterocycles. The first-order chi connectivity index (χ1) is 15.5. The van der Waals surface area contributed by atoms with E-state index in [4.69, 9.17) is 5.73 Å². The van der Waals surface area contributed by atoms with Gasteiger partial charge in [-0.3, -0.25) is 9.59 Å². The zero-order valence-electron chi connectivity index (χ0n) is 18.0. The molecule has 32 heavy (non-hydrogen) atoms. The Bertz CT molecular complexity index is 1100. The minimum Gasteiger partial charge on any atom is -0.369 e. The fraction of sp³-hybridized carbons (Fsp3) is 0.320. The Labute approximate surface area is 186 Å². The SMILES string of the molecule is C[C@H](c1ncc(-c2ccccc2F)[nH]1)C(CC(=O)N1CCC[C@@H]1c1ccccc1)C(N)=O. The Morgan fingerprint density at radius 2 is 1.91 bits per heavy atom. The van der Waals surface area contributed by atoms with E-state index in [1.165, 1.54) is 12.3 Å². The van der Waals surface area contributed by atoms with Crippen molar-refractivity contribution in [3.63, 3.8) is 0 Å². The van der Waals surface area contributed by atoms with Crippen molar-refractivity contribution in [1.82, 2.24) is 14.9 Å². The Morgan fingerprint density at radius 3 is 2.62 bits per heavy atom. The number of carbonyl (C=O) groups is 2. The second kappa shape index (κ2) is 9.34. The van der Waals surface area contributed by atoms with Crippen LogP contribution in [0.25, 0.3) is 11.3 Å². The van der Waals surface area contributed by atoms with E-state index in [2.05, 4.69) is 9.97 Å². The number of primary amides is 1. The van der Waals surface area contributed by atoms with E-state index in [1.54, 1.807) is 18.2 Å². The van der Waals surface area contributed by atoms with Crippen molar-refractivity contribution in [2.45, 2.75) is 38.1 Å². The second-order valence-corrected chi connectivity index (χ2v) is 8.32. The lowest BCUT2D eigenvalue weighted by molar-refractivity contribution is -0.136. The standard InChI is InChI=1S/C25H27FN4O2/c1-16(25-28-15-21(29-25)18-10-5-6-11-20(18)26)19(24(27)32)14-23(31)30-13-7-12-22(30)17-8-3-2-4-9-17/h2-6,8-11,15-16,19,22H,7,12-14H2,1H3,(H2,27,32)(H,28,29)/t16-,19?,22+/m0/s1. The van der Waals surface area contributed by atoms with Gasteiger partial charge in [0, 0.05) is 24.4 Å². The predicted molar refractivity (Wildman–Crippen MR) is 120 cm³/mol. The number of aromatic amines is 1. The van der Waals surface area contributed by atoms with E-state index in [0.717, 1.165) is 18.4 Å². The number of benzene rings is 2. The van der Waals surface area contributed by atoms with E-state index in [9.17, 15) is 14.0 Å². The molecular weight excluding hydrogens is 407 g/mol. The van der Waals surface area contributed by atoms with Crippen LogP contribution in [0, 0.1) is 11.7 Å². The summed E-state index contributed by atoms with van der Waals surface area (Å²) in [6.45, 7) is 2.47. The first-order valence-electron chi connectivity index (χ1n) is 10.9. The van der Waals surface area contributed by atoms with E-state index >= 15 is 0 Å². The topological polar surface area (TPSA) is 92.1 Å². The Balaban J connectivity index is 1.51. The van der Waals surface area contributed by atoms with Crippen molar-refractivity contribution in [1.29, 1.82) is 0 Å². The number of hydrogen-bond donors (Lipinski definition) is 2. The van der Waals surface area contributed by atoms with Crippen LogP contribution in [0.3, 0.4) is 0 Å². The average Bonchev–Trinajstić information content (AvgIpc) is 3.48. The van der Waals surface area contributed by atoms with Crippen LogP contribution in [0.2, 0.25) is 0 Å². The highest BCUT2D eigenvalue weighted by atomic mass is 19.1. The monoisotopic (exact) mass is 434 g/mol. The van der Waals surface area contributed by atoms with Crippen LogP contribution in [0.4, 0.5) is 4.39 Å². The molecular formula is C25H27FN4O2. The average molecular weight is 435 g/mol. The maximum Gasteiger partial charge on any atom is 0.223 e. The number of nitrogens with two attached hydrogens (primary N) is 1. The molecule has 1 saturated heterocycles. The van der Waals surface area contributed by atoms with E-state index in [0.29, 0.717) is 23.6 Å². The van der Waals surface area contributed by atoms with E-state index < -0.39 is 17.7 Å². The van der Waals surface area contributed by atoms with Gasteiger partial charge in [0.05, 0.1) is 23.9 Å². The van der Waals surface area contributed by atoms with Crippen molar-refractivity contribution in [2.75, 3.05) is 6.54 Å². The molecule has 3 N–H and O–H groups in total. The van der Waals surface area contributed by atoms with Crippen molar-refractivity contribution in [3.05, 3.63) is 78.0 Å². The minimum atomic E-state index is -0.723. The summed E-state index contributed by atoms with van der Waals surface area (Å²) < 4.78 is 14.1. The number of likely N-dealkylation sites (tertiary alicyclic amines) is 1. The summed E-state index contributed by atoms with van der Waals surface area (Å²) in [6, 6.07) is 16.4. The quantitative estimate of drug-likeness (QED) is 0.584. The van der Waals surface area contributed by atoms with E-state index in [-0.39, 0.29) is 24.2 Å². The normalized spacial score (nSPS) is 17.8. The van der Waals surface area contributed by atoms with Gasteiger partial charge in [-0.2, -0.15) is 0 Å². The van der Waals surface area contributed by atoms with Gasteiger partial charge in [0.2, 0.25) is 11.8 Å². The number of nitrogens with one attached hydrogen (secondary N) is 1. The van der Waals surface area contributed by atoms with Gasteiger partial charge in [-0.1, -0.05) is 49.4 Å². The molecule has 1 aliphatic heterocycles. The fourth-order valence-electron chi connectivity index (χ4n) is 4.49. The summed E-state index contributed by atoms with van der Waals surface area (Å²) >= 11 is 0. The molecule has 1 fully saturated rings. The molecule has 6 nitrogen and oxygen atoms in total. The van der Waals surface area contributed by atoms with Crippen LogP contribution in [-0.4, -0.2) is 33.2 Å². The summed E-state index contributed by atoms with van der Waals surface area (Å²) in [5.74, 6) is -1.65. The van der Waals surface area contributed by atoms with Crippen LogP contribution in [0.1, 0.15) is 49.5 Å². The molecule has 7 heteroatoms. The van der Waals surface area contributed by atoms with Crippen molar-refractivity contribution >= 4 is 11.8 Å². The van der Waals surface area contributed by atoms with Crippen LogP contribution in [-0.2, 0) is 9.59 Å². The highest BCUT2D eigenvalue weighted by molar-refractivity contribution is 5.86. The molecule has 0 radical (unpaired) electrons. The fourth-order valence-corrected chi connectivity index (χ4v) is 4.49. The lowest BCUT2D eigenvalue weighted by Gasteiger charge is -2.28. The molecule has 1 aliphatic rings. The molecule has 0 saturated carbocycles. The lowest BCUT2D eigenvalue weighted by atomic mass is 9.89. The third kappa shape index (κ3) is 4.42. The summed E-state index contributed by atoms with van der Waals surface area (Å²) in [5, 5.41) is 0. The summed E-state index contributed by atoms with van der Waals surface area (Å²) in [7, 11) is 0. The smallest absolute Gasteiger partial charge is 0.223 e. The van der Waals surface area contributed by atoms with Gasteiger partial charge in [0.1, 0.15) is 11.6 Å². The molecule has 2 amide bonds. The number of H-pyrrole nitrogens is 1. The summed E-state index contributed by atoms with van der Waals surface area (Å²) in [6.07, 6.45) is 3.37. The molecule has 2 aromatic carbocycles. The van der Waals surface area contributed by atoms with Crippen molar-refractivity contribution < 1.29 is 14.0 Å². The second-order valence-electron chi connectivity index (χ2n) is 8.32. The highest BCUT2D eigenvalue weighted by Crippen LogP contribution is 2.34. The van der Waals surface area contributed by atoms with Gasteiger partial charge in [0.25, 0.3) is 0 Å². The number of aromatic nitrogens is 2. The zero-order chi connectivity index (χ0) is 22.7. The van der Waals surface area contributed by atoms with Crippen molar-refractivity contribution in [3.8, 4) is 11.3 Å². The molecule has 1 aromatic heterocycles. The van der Waals surface area contributed by atoms with Gasteiger partial charge in [-0.05, 0) is 30.5 Å². The molecule has 1 unspecified atom stereocenters. The molecule has 166 valence electrons. The Kier molecular flexibility index (Phi) is 6.35. The Hall–Kier alpha value is -3.48. The van der Waals surface area contributed by atoms with Gasteiger partial charge in [-0.25, -0.2) is 9.37 Å². The third-order valence-electron chi connectivity index (χ3n) is 6.31. The molecule has 3 aromatic rings. The number of rotatable bonds is 7. The maximum atomic E-state index is 14.1. The summed E-state index contributed by atoms with van der Waals surface area (Å²) in [4.78, 5) is 34.8. The van der Waals surface area contributed by atoms with Crippen LogP contribution >= 0.6 is 0 Å². The minimum absolute atomic E-state index is 0.00949. The number of imidazole rings is 1. The lowest BCUT2D eigenvalue weighted by Crippen LogP contribution is -2.37. The number of amides is 2.